The monoisotopic (exact) mass is 327 g/mol. The molecule has 0 saturated heterocycles. The lowest BCUT2D eigenvalue weighted by atomic mass is 10.2. The van der Waals surface area contributed by atoms with E-state index in [4.69, 9.17) is 9.47 Å². The van der Waals surface area contributed by atoms with Gasteiger partial charge in [0.15, 0.2) is 17.1 Å². The summed E-state index contributed by atoms with van der Waals surface area (Å²) in [4.78, 5) is 8.54. The van der Waals surface area contributed by atoms with Crippen molar-refractivity contribution in [2.24, 2.45) is 7.05 Å². The van der Waals surface area contributed by atoms with Gasteiger partial charge >= 0.3 is 0 Å². The summed E-state index contributed by atoms with van der Waals surface area (Å²) in [5, 5.41) is 8.44. The van der Waals surface area contributed by atoms with Gasteiger partial charge in [-0.3, -0.25) is 4.68 Å². The Morgan fingerprint density at radius 3 is 2.88 bits per heavy atom. The SMILES string of the molecule is CCCOc1ccc(CNc2ncnc3c2cnn3C)cc1OC. The summed E-state index contributed by atoms with van der Waals surface area (Å²) in [6, 6.07) is 5.92. The molecule has 0 amide bonds. The maximum Gasteiger partial charge on any atom is 0.163 e. The molecule has 0 aliphatic carbocycles. The predicted molar refractivity (Wildman–Crippen MR) is 92.4 cm³/mol. The summed E-state index contributed by atoms with van der Waals surface area (Å²) in [5.41, 5.74) is 1.87. The van der Waals surface area contributed by atoms with Crippen LogP contribution in [0.2, 0.25) is 0 Å². The van der Waals surface area contributed by atoms with Gasteiger partial charge in [0.1, 0.15) is 12.1 Å². The van der Waals surface area contributed by atoms with Crippen molar-refractivity contribution in [2.75, 3.05) is 19.0 Å². The van der Waals surface area contributed by atoms with Crippen LogP contribution in [0.15, 0.2) is 30.7 Å². The number of fused-ring (bicyclic) bond motifs is 1. The largest absolute Gasteiger partial charge is 0.493 e. The van der Waals surface area contributed by atoms with E-state index in [1.54, 1.807) is 18.0 Å². The lowest BCUT2D eigenvalue weighted by Crippen LogP contribution is -2.04. The zero-order valence-electron chi connectivity index (χ0n) is 14.1. The first kappa shape index (κ1) is 16.0. The van der Waals surface area contributed by atoms with E-state index in [1.807, 2.05) is 25.2 Å². The van der Waals surface area contributed by atoms with Crippen LogP contribution < -0.4 is 14.8 Å². The van der Waals surface area contributed by atoms with Crippen molar-refractivity contribution in [1.82, 2.24) is 19.7 Å². The molecule has 0 atom stereocenters. The van der Waals surface area contributed by atoms with Crippen LogP contribution in [0, 0.1) is 0 Å². The number of hydrogen-bond acceptors (Lipinski definition) is 6. The molecule has 3 rings (SSSR count). The lowest BCUT2D eigenvalue weighted by Gasteiger charge is -2.12. The average Bonchev–Trinajstić information content (AvgIpc) is 3.00. The molecule has 0 aliphatic heterocycles. The Hall–Kier alpha value is -2.83. The third kappa shape index (κ3) is 3.24. The second kappa shape index (κ2) is 7.16. The number of aromatic nitrogens is 4. The smallest absolute Gasteiger partial charge is 0.163 e. The highest BCUT2D eigenvalue weighted by Crippen LogP contribution is 2.28. The summed E-state index contributed by atoms with van der Waals surface area (Å²) in [6.45, 7) is 3.37. The molecule has 7 heteroatoms. The van der Waals surface area contributed by atoms with Crippen LogP contribution >= 0.6 is 0 Å². The Morgan fingerprint density at radius 1 is 1.21 bits per heavy atom. The summed E-state index contributed by atoms with van der Waals surface area (Å²) >= 11 is 0. The highest BCUT2D eigenvalue weighted by molar-refractivity contribution is 5.85. The number of hydrogen-bond donors (Lipinski definition) is 1. The van der Waals surface area contributed by atoms with Gasteiger partial charge < -0.3 is 14.8 Å². The molecule has 0 fully saturated rings. The number of benzene rings is 1. The molecule has 126 valence electrons. The average molecular weight is 327 g/mol. The number of anilines is 1. The van der Waals surface area contributed by atoms with Gasteiger partial charge in [0.2, 0.25) is 0 Å². The van der Waals surface area contributed by atoms with E-state index in [0.717, 1.165) is 40.3 Å². The van der Waals surface area contributed by atoms with E-state index in [2.05, 4.69) is 27.3 Å². The van der Waals surface area contributed by atoms with Gasteiger partial charge in [0.25, 0.3) is 0 Å². The molecule has 0 radical (unpaired) electrons. The summed E-state index contributed by atoms with van der Waals surface area (Å²) in [5.74, 6) is 2.26. The Kier molecular flexibility index (Phi) is 4.79. The third-order valence-corrected chi connectivity index (χ3v) is 3.68. The minimum atomic E-state index is 0.616. The van der Waals surface area contributed by atoms with Crippen molar-refractivity contribution in [3.8, 4) is 11.5 Å². The highest BCUT2D eigenvalue weighted by atomic mass is 16.5. The van der Waals surface area contributed by atoms with Crippen LogP contribution in [-0.2, 0) is 13.6 Å². The fourth-order valence-corrected chi connectivity index (χ4v) is 2.44. The number of nitrogens with zero attached hydrogens (tertiary/aromatic N) is 4. The van der Waals surface area contributed by atoms with E-state index >= 15 is 0 Å². The number of nitrogens with one attached hydrogen (secondary N) is 1. The lowest BCUT2D eigenvalue weighted by molar-refractivity contribution is 0.294. The normalized spacial score (nSPS) is 10.8. The van der Waals surface area contributed by atoms with Gasteiger partial charge in [-0.05, 0) is 24.1 Å². The molecular weight excluding hydrogens is 306 g/mol. The zero-order valence-corrected chi connectivity index (χ0v) is 14.1. The van der Waals surface area contributed by atoms with Gasteiger partial charge in [-0.25, -0.2) is 9.97 Å². The van der Waals surface area contributed by atoms with Crippen LogP contribution in [-0.4, -0.2) is 33.5 Å². The minimum Gasteiger partial charge on any atom is -0.493 e. The van der Waals surface area contributed by atoms with Crippen LogP contribution in [0.1, 0.15) is 18.9 Å². The van der Waals surface area contributed by atoms with Crippen molar-refractivity contribution in [1.29, 1.82) is 0 Å². The minimum absolute atomic E-state index is 0.616. The quantitative estimate of drug-likeness (QED) is 0.719. The van der Waals surface area contributed by atoms with Gasteiger partial charge in [0.05, 0.1) is 25.3 Å². The van der Waals surface area contributed by atoms with Crippen molar-refractivity contribution < 1.29 is 9.47 Å². The Balaban J connectivity index is 1.76. The van der Waals surface area contributed by atoms with Gasteiger partial charge in [0, 0.05) is 13.6 Å². The van der Waals surface area contributed by atoms with Crippen molar-refractivity contribution in [3.63, 3.8) is 0 Å². The molecule has 0 saturated carbocycles. The molecule has 1 N–H and O–H groups in total. The molecule has 1 aromatic carbocycles. The molecule has 0 unspecified atom stereocenters. The van der Waals surface area contributed by atoms with Crippen LogP contribution in [0.5, 0.6) is 11.5 Å². The maximum absolute atomic E-state index is 5.68. The number of rotatable bonds is 7. The summed E-state index contributed by atoms with van der Waals surface area (Å²) in [7, 11) is 3.51. The topological polar surface area (TPSA) is 74.1 Å². The third-order valence-electron chi connectivity index (χ3n) is 3.68. The molecule has 2 aromatic heterocycles. The predicted octanol–water partition coefficient (Wildman–Crippen LogP) is 2.77. The van der Waals surface area contributed by atoms with E-state index in [1.165, 1.54) is 6.33 Å². The van der Waals surface area contributed by atoms with E-state index in [-0.39, 0.29) is 0 Å². The zero-order chi connectivity index (χ0) is 16.9. The van der Waals surface area contributed by atoms with Crippen LogP contribution in [0.3, 0.4) is 0 Å². The number of aryl methyl sites for hydroxylation is 1. The molecule has 2 heterocycles. The first-order valence-corrected chi connectivity index (χ1v) is 7.89. The summed E-state index contributed by atoms with van der Waals surface area (Å²) < 4.78 is 12.8. The van der Waals surface area contributed by atoms with Crippen LogP contribution in [0.25, 0.3) is 11.0 Å². The Bertz CT molecular complexity index is 831. The van der Waals surface area contributed by atoms with Gasteiger partial charge in [-0.1, -0.05) is 13.0 Å². The van der Waals surface area contributed by atoms with Crippen LogP contribution in [0.4, 0.5) is 5.82 Å². The molecule has 0 spiro atoms. The molecule has 0 bridgehead atoms. The van der Waals surface area contributed by atoms with Gasteiger partial charge in [-0.2, -0.15) is 5.10 Å². The first-order valence-electron chi connectivity index (χ1n) is 7.89. The Labute approximate surface area is 140 Å². The maximum atomic E-state index is 5.68. The number of methoxy groups -OCH3 is 1. The Morgan fingerprint density at radius 2 is 2.08 bits per heavy atom. The van der Waals surface area contributed by atoms with E-state index in [0.29, 0.717) is 13.2 Å². The first-order chi connectivity index (χ1) is 11.7. The molecule has 0 aliphatic rings. The standard InChI is InChI=1S/C17H21N5O2/c1-4-7-24-14-6-5-12(8-15(14)23-3)9-18-16-13-10-21-22(2)17(13)20-11-19-16/h5-6,8,10-11H,4,7,9H2,1-3H3,(H,18,19,20). The van der Waals surface area contributed by atoms with Crippen molar-refractivity contribution in [2.45, 2.75) is 19.9 Å². The fraction of sp³-hybridized carbons (Fsp3) is 0.353. The second-order valence-corrected chi connectivity index (χ2v) is 5.41. The molecular formula is C17H21N5O2. The molecule has 7 nitrogen and oxygen atoms in total. The molecule has 24 heavy (non-hydrogen) atoms. The van der Waals surface area contributed by atoms with E-state index in [9.17, 15) is 0 Å². The highest BCUT2D eigenvalue weighted by Gasteiger charge is 2.09. The van der Waals surface area contributed by atoms with Gasteiger partial charge in [-0.15, -0.1) is 0 Å². The molecule has 3 aromatic rings. The fourth-order valence-electron chi connectivity index (χ4n) is 2.44. The summed E-state index contributed by atoms with van der Waals surface area (Å²) in [6.07, 6.45) is 4.26. The van der Waals surface area contributed by atoms with Crippen molar-refractivity contribution >= 4 is 16.9 Å². The second-order valence-electron chi connectivity index (χ2n) is 5.41. The van der Waals surface area contributed by atoms with Crippen molar-refractivity contribution in [3.05, 3.63) is 36.3 Å². The van der Waals surface area contributed by atoms with E-state index < -0.39 is 0 Å². The number of ether oxygens (including phenoxy) is 2.